The van der Waals surface area contributed by atoms with Gasteiger partial charge in [0.1, 0.15) is 5.75 Å². The average Bonchev–Trinajstić information content (AvgIpc) is 2.60. The summed E-state index contributed by atoms with van der Waals surface area (Å²) in [6.07, 6.45) is 4.77. The summed E-state index contributed by atoms with van der Waals surface area (Å²) < 4.78 is 5.37. The third-order valence-electron chi connectivity index (χ3n) is 5.05. The molecule has 2 aromatic rings. The van der Waals surface area contributed by atoms with Gasteiger partial charge in [-0.15, -0.1) is 24.8 Å². The van der Waals surface area contributed by atoms with Gasteiger partial charge in [-0.1, -0.05) is 18.2 Å². The molecule has 1 aliphatic rings. The minimum atomic E-state index is 0. The predicted octanol–water partition coefficient (Wildman–Crippen LogP) is 4.72. The first-order valence-corrected chi connectivity index (χ1v) is 8.85. The topological polar surface area (TPSA) is 38.5 Å². The van der Waals surface area contributed by atoms with Gasteiger partial charge in [0, 0.05) is 18.8 Å². The van der Waals surface area contributed by atoms with Crippen LogP contribution < -0.4 is 10.5 Å². The van der Waals surface area contributed by atoms with Crippen LogP contribution in [0.1, 0.15) is 35.4 Å². The van der Waals surface area contributed by atoms with Gasteiger partial charge in [-0.3, -0.25) is 0 Å². The van der Waals surface area contributed by atoms with Gasteiger partial charge in [0.05, 0.1) is 7.11 Å². The van der Waals surface area contributed by atoms with E-state index in [1.165, 1.54) is 36.0 Å². The second kappa shape index (κ2) is 10.7. The van der Waals surface area contributed by atoms with Crippen LogP contribution in [0.25, 0.3) is 0 Å². The maximum absolute atomic E-state index is 5.87. The molecule has 2 aromatic carbocycles. The van der Waals surface area contributed by atoms with Gasteiger partial charge in [0.2, 0.25) is 0 Å². The highest BCUT2D eigenvalue weighted by Crippen LogP contribution is 2.34. The van der Waals surface area contributed by atoms with Gasteiger partial charge in [-0.05, 0) is 79.6 Å². The van der Waals surface area contributed by atoms with Crippen LogP contribution in [0.15, 0.2) is 42.5 Å². The van der Waals surface area contributed by atoms with Gasteiger partial charge in [-0.2, -0.15) is 0 Å². The maximum atomic E-state index is 5.87. The molecule has 1 aliphatic carbocycles. The molecule has 0 aromatic heterocycles. The Bertz CT molecular complexity index is 693. The second-order valence-electron chi connectivity index (χ2n) is 6.91. The molecule has 3 nitrogen and oxygen atoms in total. The number of anilines is 1. The van der Waals surface area contributed by atoms with Crippen molar-refractivity contribution in [1.82, 2.24) is 4.90 Å². The van der Waals surface area contributed by atoms with Gasteiger partial charge < -0.3 is 15.4 Å². The molecule has 0 spiro atoms. The van der Waals surface area contributed by atoms with E-state index in [2.05, 4.69) is 42.3 Å². The van der Waals surface area contributed by atoms with Crippen molar-refractivity contribution >= 4 is 30.5 Å². The minimum absolute atomic E-state index is 0. The van der Waals surface area contributed by atoms with Gasteiger partial charge >= 0.3 is 0 Å². The SMILES string of the molecule is COc1ccc2c(c1)CCCC2CN(C)CCc1cccc(N)c1.Cl.Cl. The summed E-state index contributed by atoms with van der Waals surface area (Å²) in [5.74, 6) is 1.61. The number of nitrogens with zero attached hydrogens (tertiary/aromatic N) is 1. The van der Waals surface area contributed by atoms with Crippen molar-refractivity contribution in [2.75, 3.05) is 33.0 Å². The number of fused-ring (bicyclic) bond motifs is 1. The molecular formula is C21H30Cl2N2O. The van der Waals surface area contributed by atoms with Crippen LogP contribution in [-0.4, -0.2) is 32.1 Å². The smallest absolute Gasteiger partial charge is 0.119 e. The molecule has 0 fully saturated rings. The zero-order chi connectivity index (χ0) is 16.9. The molecule has 1 unspecified atom stereocenters. The Kier molecular flexibility index (Phi) is 9.28. The van der Waals surface area contributed by atoms with Crippen LogP contribution in [0.3, 0.4) is 0 Å². The molecule has 2 N–H and O–H groups in total. The summed E-state index contributed by atoms with van der Waals surface area (Å²) in [7, 11) is 3.97. The van der Waals surface area contributed by atoms with Crippen molar-refractivity contribution in [2.45, 2.75) is 31.6 Å². The minimum Gasteiger partial charge on any atom is -0.497 e. The van der Waals surface area contributed by atoms with Crippen LogP contribution in [0.4, 0.5) is 5.69 Å². The standard InChI is InChI=1S/C21H28N2O.2ClH/c1-23(12-11-16-5-3-8-19(22)13-16)15-18-7-4-6-17-14-20(24-2)9-10-21(17)18;;/h3,5,8-10,13-14,18H,4,6-7,11-12,15,22H2,1-2H3;2*1H. The Morgan fingerprint density at radius 3 is 2.69 bits per heavy atom. The lowest BCUT2D eigenvalue weighted by Crippen LogP contribution is -2.28. The zero-order valence-electron chi connectivity index (χ0n) is 15.6. The molecule has 26 heavy (non-hydrogen) atoms. The van der Waals surface area contributed by atoms with E-state index >= 15 is 0 Å². The summed E-state index contributed by atoms with van der Waals surface area (Å²) >= 11 is 0. The molecule has 0 aliphatic heterocycles. The number of halogens is 2. The van der Waals surface area contributed by atoms with Crippen molar-refractivity contribution in [3.8, 4) is 5.75 Å². The van der Waals surface area contributed by atoms with Crippen molar-refractivity contribution in [1.29, 1.82) is 0 Å². The molecule has 144 valence electrons. The molecule has 0 saturated carbocycles. The van der Waals surface area contributed by atoms with E-state index in [9.17, 15) is 0 Å². The van der Waals surface area contributed by atoms with Crippen molar-refractivity contribution in [3.05, 3.63) is 59.2 Å². The lowest BCUT2D eigenvalue weighted by atomic mass is 9.82. The predicted molar refractivity (Wildman–Crippen MR) is 115 cm³/mol. The van der Waals surface area contributed by atoms with Crippen LogP contribution in [0.2, 0.25) is 0 Å². The van der Waals surface area contributed by atoms with Gasteiger partial charge in [-0.25, -0.2) is 0 Å². The Morgan fingerprint density at radius 2 is 1.96 bits per heavy atom. The Morgan fingerprint density at radius 1 is 1.15 bits per heavy atom. The number of nitrogen functional groups attached to an aromatic ring is 1. The fourth-order valence-corrected chi connectivity index (χ4v) is 3.74. The molecule has 3 rings (SSSR count). The third kappa shape index (κ3) is 5.80. The van der Waals surface area contributed by atoms with Crippen molar-refractivity contribution in [2.24, 2.45) is 0 Å². The van der Waals surface area contributed by atoms with E-state index in [-0.39, 0.29) is 24.8 Å². The van der Waals surface area contributed by atoms with Crippen LogP contribution in [-0.2, 0) is 12.8 Å². The number of nitrogens with two attached hydrogens (primary N) is 1. The molecule has 0 radical (unpaired) electrons. The number of rotatable bonds is 6. The molecule has 0 amide bonds. The van der Waals surface area contributed by atoms with E-state index in [1.54, 1.807) is 7.11 Å². The first-order chi connectivity index (χ1) is 11.7. The summed E-state index contributed by atoms with van der Waals surface area (Å²) in [6.45, 7) is 2.17. The van der Waals surface area contributed by atoms with Crippen LogP contribution in [0.5, 0.6) is 5.75 Å². The fraction of sp³-hybridized carbons (Fsp3) is 0.429. The summed E-state index contributed by atoms with van der Waals surface area (Å²) in [4.78, 5) is 2.45. The molecule has 0 saturated heterocycles. The highest BCUT2D eigenvalue weighted by Gasteiger charge is 2.21. The molecule has 0 bridgehead atoms. The van der Waals surface area contributed by atoms with Gasteiger partial charge in [0.25, 0.3) is 0 Å². The second-order valence-corrected chi connectivity index (χ2v) is 6.91. The quantitative estimate of drug-likeness (QED) is 0.718. The number of ether oxygens (including phenoxy) is 1. The van der Waals surface area contributed by atoms with E-state index in [4.69, 9.17) is 10.5 Å². The van der Waals surface area contributed by atoms with E-state index in [0.29, 0.717) is 5.92 Å². The summed E-state index contributed by atoms with van der Waals surface area (Å²) in [5, 5.41) is 0. The first-order valence-electron chi connectivity index (χ1n) is 8.85. The van der Waals surface area contributed by atoms with E-state index in [1.807, 2.05) is 12.1 Å². The lowest BCUT2D eigenvalue weighted by molar-refractivity contribution is 0.300. The lowest BCUT2D eigenvalue weighted by Gasteiger charge is -2.29. The fourth-order valence-electron chi connectivity index (χ4n) is 3.74. The van der Waals surface area contributed by atoms with Crippen LogP contribution in [0, 0.1) is 0 Å². The highest BCUT2D eigenvalue weighted by atomic mass is 35.5. The van der Waals surface area contributed by atoms with Crippen LogP contribution >= 0.6 is 24.8 Å². The number of methoxy groups -OCH3 is 1. The normalized spacial score (nSPS) is 15.6. The average molecular weight is 397 g/mol. The van der Waals surface area contributed by atoms with Gasteiger partial charge in [0.15, 0.2) is 0 Å². The molecular weight excluding hydrogens is 367 g/mol. The Labute approximate surface area is 169 Å². The van der Waals surface area contributed by atoms with Crippen molar-refractivity contribution in [3.63, 3.8) is 0 Å². The monoisotopic (exact) mass is 396 g/mol. The maximum Gasteiger partial charge on any atom is 0.119 e. The molecule has 1 atom stereocenters. The number of benzene rings is 2. The third-order valence-corrected chi connectivity index (χ3v) is 5.05. The first kappa shape index (κ1) is 22.6. The number of likely N-dealkylation sites (N-methyl/N-ethyl adjacent to an activating group) is 1. The highest BCUT2D eigenvalue weighted by molar-refractivity contribution is 5.85. The number of aryl methyl sites for hydroxylation is 1. The number of hydrogen-bond acceptors (Lipinski definition) is 3. The summed E-state index contributed by atoms with van der Waals surface area (Å²) in [6, 6.07) is 14.8. The Hall–Kier alpha value is -1.42. The molecule has 0 heterocycles. The van der Waals surface area contributed by atoms with E-state index < -0.39 is 0 Å². The largest absolute Gasteiger partial charge is 0.497 e. The zero-order valence-corrected chi connectivity index (χ0v) is 17.2. The van der Waals surface area contributed by atoms with Crippen molar-refractivity contribution < 1.29 is 4.74 Å². The Balaban J connectivity index is 0.00000169. The number of hydrogen-bond donors (Lipinski definition) is 1. The summed E-state index contributed by atoms with van der Waals surface area (Å²) in [5.41, 5.74) is 11.0. The van der Waals surface area contributed by atoms with E-state index in [0.717, 1.165) is 30.9 Å². The molecule has 5 heteroatoms.